The zero-order chi connectivity index (χ0) is 25.7. The summed E-state index contributed by atoms with van der Waals surface area (Å²) in [5.74, 6) is 3.33. The van der Waals surface area contributed by atoms with Crippen LogP contribution in [0.1, 0.15) is 51.1 Å². The van der Waals surface area contributed by atoms with Crippen LogP contribution in [0.4, 0.5) is 16.2 Å². The van der Waals surface area contributed by atoms with E-state index in [1.54, 1.807) is 12.1 Å². The van der Waals surface area contributed by atoms with Gasteiger partial charge < -0.3 is 15.1 Å². The molecule has 3 heterocycles. The first kappa shape index (κ1) is 25.1. The lowest BCUT2D eigenvalue weighted by molar-refractivity contribution is 0.0294. The number of benzene rings is 2. The predicted molar refractivity (Wildman–Crippen MR) is 150 cm³/mol. The number of nitrogens with zero attached hydrogens (tertiary/aromatic N) is 4. The van der Waals surface area contributed by atoms with Gasteiger partial charge in [0.25, 0.3) is 0 Å². The highest BCUT2D eigenvalue weighted by atomic mass is 35.5. The van der Waals surface area contributed by atoms with Gasteiger partial charge in [-0.15, -0.1) is 0 Å². The van der Waals surface area contributed by atoms with Gasteiger partial charge in [0.15, 0.2) is 0 Å². The second kappa shape index (κ2) is 10.2. The fraction of sp³-hybridized carbons (Fsp3) is 0.517. The number of aromatic nitrogens is 2. The number of rotatable bonds is 6. The summed E-state index contributed by atoms with van der Waals surface area (Å²) in [6, 6.07) is 10.8. The van der Waals surface area contributed by atoms with Crippen molar-refractivity contribution in [1.82, 2.24) is 14.9 Å². The molecule has 2 aliphatic heterocycles. The summed E-state index contributed by atoms with van der Waals surface area (Å²) in [7, 11) is 0. The van der Waals surface area contributed by atoms with E-state index in [0.29, 0.717) is 33.1 Å². The zero-order valence-electron chi connectivity index (χ0n) is 21.4. The molecule has 1 N–H and O–H groups in total. The first-order valence-electron chi connectivity index (χ1n) is 13.5. The molecule has 0 bridgehead atoms. The van der Waals surface area contributed by atoms with Gasteiger partial charge in [0.05, 0.1) is 11.6 Å². The molecule has 0 amide bonds. The van der Waals surface area contributed by atoms with Crippen molar-refractivity contribution in [3.05, 3.63) is 57.8 Å². The molecule has 3 fully saturated rings. The molecule has 5 nitrogen and oxygen atoms in total. The van der Waals surface area contributed by atoms with Crippen LogP contribution in [0, 0.1) is 23.6 Å². The Balaban J connectivity index is 1.19. The fourth-order valence-electron chi connectivity index (χ4n) is 6.36. The molecule has 6 rings (SSSR count). The maximum Gasteiger partial charge on any atom is 0.227 e. The molecule has 1 aliphatic carbocycles. The topological polar surface area (TPSA) is 44.3 Å². The minimum absolute atomic E-state index is 0.148. The average molecular weight is 543 g/mol. The van der Waals surface area contributed by atoms with E-state index in [1.807, 2.05) is 19.1 Å². The Morgan fingerprint density at radius 1 is 1.03 bits per heavy atom. The van der Waals surface area contributed by atoms with E-state index in [0.717, 1.165) is 42.0 Å². The first-order valence-corrected chi connectivity index (χ1v) is 14.3. The second-order valence-corrected chi connectivity index (χ2v) is 12.2. The van der Waals surface area contributed by atoms with Gasteiger partial charge in [0, 0.05) is 41.1 Å². The highest BCUT2D eigenvalue weighted by molar-refractivity contribution is 6.35. The van der Waals surface area contributed by atoms with E-state index in [1.165, 1.54) is 50.9 Å². The quantitative estimate of drug-likeness (QED) is 0.357. The maximum atomic E-state index is 14.2. The van der Waals surface area contributed by atoms with Gasteiger partial charge in [-0.2, -0.15) is 4.98 Å². The van der Waals surface area contributed by atoms with Crippen molar-refractivity contribution in [2.75, 3.05) is 36.4 Å². The van der Waals surface area contributed by atoms with Crippen LogP contribution in [-0.4, -0.2) is 47.1 Å². The van der Waals surface area contributed by atoms with Crippen molar-refractivity contribution in [2.45, 2.75) is 51.6 Å². The minimum Gasteiger partial charge on any atom is -0.363 e. The van der Waals surface area contributed by atoms with Gasteiger partial charge in [0.2, 0.25) is 5.95 Å². The molecule has 0 unspecified atom stereocenters. The smallest absolute Gasteiger partial charge is 0.227 e. The van der Waals surface area contributed by atoms with Crippen LogP contribution in [-0.2, 0) is 0 Å². The molecular formula is C29H34Cl2FN5. The number of hydrogen-bond donors (Lipinski definition) is 1. The predicted octanol–water partition coefficient (Wildman–Crippen LogP) is 7.20. The Labute approximate surface area is 228 Å². The summed E-state index contributed by atoms with van der Waals surface area (Å²) in [6.45, 7) is 8.83. The molecule has 2 saturated heterocycles. The molecule has 8 heteroatoms. The average Bonchev–Trinajstić information content (AvgIpc) is 2.81. The summed E-state index contributed by atoms with van der Waals surface area (Å²) in [5.41, 5.74) is 1.64. The molecule has 3 aliphatic rings. The highest BCUT2D eigenvalue weighted by Gasteiger charge is 2.40. The van der Waals surface area contributed by atoms with Gasteiger partial charge in [-0.05, 0) is 92.8 Å². The molecule has 37 heavy (non-hydrogen) atoms. The van der Waals surface area contributed by atoms with E-state index >= 15 is 0 Å². The monoisotopic (exact) mass is 541 g/mol. The number of likely N-dealkylation sites (tertiary alicyclic amines) is 1. The molecule has 2 aromatic carbocycles. The van der Waals surface area contributed by atoms with E-state index < -0.39 is 0 Å². The van der Waals surface area contributed by atoms with Crippen molar-refractivity contribution in [3.8, 4) is 0 Å². The van der Waals surface area contributed by atoms with Crippen LogP contribution in [0.3, 0.4) is 0 Å². The molecule has 196 valence electrons. The SMILES string of the molecule is C[C@@H](Nc1nc(N2CC([C@H]3CCCN([C@H]4C[C@@H](C)C4)C3)C2)nc2ccc(F)cc12)c1ccc(Cl)cc1Cl. The Morgan fingerprint density at radius 2 is 1.84 bits per heavy atom. The largest absolute Gasteiger partial charge is 0.363 e. The first-order chi connectivity index (χ1) is 17.8. The number of nitrogens with one attached hydrogen (secondary N) is 1. The van der Waals surface area contributed by atoms with Crippen LogP contribution >= 0.6 is 23.2 Å². The van der Waals surface area contributed by atoms with Crippen LogP contribution in [0.25, 0.3) is 10.9 Å². The van der Waals surface area contributed by atoms with Crippen molar-refractivity contribution < 1.29 is 4.39 Å². The molecule has 0 radical (unpaired) electrons. The molecular weight excluding hydrogens is 508 g/mol. The van der Waals surface area contributed by atoms with Gasteiger partial charge in [0.1, 0.15) is 11.6 Å². The van der Waals surface area contributed by atoms with Crippen molar-refractivity contribution >= 4 is 45.9 Å². The van der Waals surface area contributed by atoms with Gasteiger partial charge in [-0.1, -0.05) is 36.2 Å². The Bertz CT molecular complexity index is 1290. The number of halogens is 3. The number of fused-ring (bicyclic) bond motifs is 1. The second-order valence-electron chi connectivity index (χ2n) is 11.4. The Morgan fingerprint density at radius 3 is 2.59 bits per heavy atom. The summed E-state index contributed by atoms with van der Waals surface area (Å²) in [4.78, 5) is 14.7. The summed E-state index contributed by atoms with van der Waals surface area (Å²) in [6.07, 6.45) is 5.36. The normalized spacial score (nSPS) is 25.5. The number of anilines is 2. The minimum atomic E-state index is -0.309. The number of piperidine rings is 1. The number of hydrogen-bond acceptors (Lipinski definition) is 5. The zero-order valence-corrected chi connectivity index (χ0v) is 22.9. The third-order valence-electron chi connectivity index (χ3n) is 8.64. The van der Waals surface area contributed by atoms with Crippen LogP contribution in [0.15, 0.2) is 36.4 Å². The summed E-state index contributed by atoms with van der Waals surface area (Å²) < 4.78 is 14.2. The third-order valence-corrected chi connectivity index (χ3v) is 9.20. The van der Waals surface area contributed by atoms with E-state index in [-0.39, 0.29) is 11.9 Å². The molecule has 2 atom stereocenters. The van der Waals surface area contributed by atoms with Gasteiger partial charge in [-0.25, -0.2) is 9.37 Å². The van der Waals surface area contributed by atoms with Crippen LogP contribution < -0.4 is 10.2 Å². The van der Waals surface area contributed by atoms with Gasteiger partial charge >= 0.3 is 0 Å². The van der Waals surface area contributed by atoms with Crippen molar-refractivity contribution in [1.29, 1.82) is 0 Å². The Hall–Kier alpha value is -2.15. The van der Waals surface area contributed by atoms with Crippen LogP contribution in [0.2, 0.25) is 10.0 Å². The van der Waals surface area contributed by atoms with Crippen LogP contribution in [0.5, 0.6) is 0 Å². The molecule has 1 aromatic heterocycles. The van der Waals surface area contributed by atoms with Crippen molar-refractivity contribution in [3.63, 3.8) is 0 Å². The fourth-order valence-corrected chi connectivity index (χ4v) is 6.94. The molecule has 3 aromatic rings. The highest BCUT2D eigenvalue weighted by Crippen LogP contribution is 2.39. The lowest BCUT2D eigenvalue weighted by Gasteiger charge is -2.50. The van der Waals surface area contributed by atoms with E-state index in [9.17, 15) is 4.39 Å². The van der Waals surface area contributed by atoms with E-state index in [4.69, 9.17) is 33.2 Å². The van der Waals surface area contributed by atoms with E-state index in [2.05, 4.69) is 22.0 Å². The van der Waals surface area contributed by atoms with Gasteiger partial charge in [-0.3, -0.25) is 0 Å². The molecule has 0 spiro atoms. The molecule has 1 saturated carbocycles. The lowest BCUT2D eigenvalue weighted by atomic mass is 9.76. The standard InChI is InChI=1S/C29H34Cl2FN5/c1-17-10-23(11-17)36-9-3-4-19(14-36)20-15-37(16-20)29-34-27-8-6-22(32)13-25(27)28(35-29)33-18(2)24-7-5-21(30)12-26(24)31/h5-8,12-13,17-20,23H,3-4,9-11,14-16H2,1-2H3,(H,33,34,35)/t17-,18-,19+,23+/m1/s1. The van der Waals surface area contributed by atoms with Crippen molar-refractivity contribution in [2.24, 2.45) is 17.8 Å². The lowest BCUT2D eigenvalue weighted by Crippen LogP contribution is -2.56. The summed E-state index contributed by atoms with van der Waals surface area (Å²) in [5, 5.41) is 5.30. The maximum absolute atomic E-state index is 14.2. The Kier molecular flexibility index (Phi) is 6.93. The summed E-state index contributed by atoms with van der Waals surface area (Å²) >= 11 is 12.5. The third kappa shape index (κ3) is 5.13.